The Kier molecular flexibility index (Phi) is 3.49. The number of aryl methyl sites for hydroxylation is 1. The zero-order valence-electron chi connectivity index (χ0n) is 13.3. The summed E-state index contributed by atoms with van der Waals surface area (Å²) in [5, 5.41) is 5.02. The number of carbonyl (C=O) groups is 1. The Morgan fingerprint density at radius 3 is 2.83 bits per heavy atom. The van der Waals surface area contributed by atoms with Crippen molar-refractivity contribution >= 4 is 34.3 Å². The normalized spacial score (nSPS) is 14.1. The number of anilines is 1. The third-order valence-electron chi connectivity index (χ3n) is 4.27. The summed E-state index contributed by atoms with van der Waals surface area (Å²) in [5.41, 5.74) is 3.19. The van der Waals surface area contributed by atoms with E-state index in [4.69, 9.17) is 16.1 Å². The van der Waals surface area contributed by atoms with E-state index in [0.717, 1.165) is 18.5 Å². The van der Waals surface area contributed by atoms with Gasteiger partial charge in [-0.2, -0.15) is 0 Å². The van der Waals surface area contributed by atoms with E-state index in [1.807, 2.05) is 13.0 Å². The average molecular weight is 343 g/mol. The van der Waals surface area contributed by atoms with Crippen molar-refractivity contribution in [3.63, 3.8) is 0 Å². The third kappa shape index (κ3) is 2.53. The van der Waals surface area contributed by atoms with Crippen LogP contribution < -0.4 is 4.90 Å². The van der Waals surface area contributed by atoms with Gasteiger partial charge in [0.2, 0.25) is 0 Å². The summed E-state index contributed by atoms with van der Waals surface area (Å²) in [6, 6.07) is 5.28. The van der Waals surface area contributed by atoms with Gasteiger partial charge in [-0.05, 0) is 38.0 Å². The first kappa shape index (κ1) is 15.1. The van der Waals surface area contributed by atoms with Gasteiger partial charge in [0, 0.05) is 18.7 Å². The van der Waals surface area contributed by atoms with Crippen molar-refractivity contribution in [1.29, 1.82) is 0 Å². The fraction of sp³-hybridized carbons (Fsp3) is 0.294. The van der Waals surface area contributed by atoms with Crippen molar-refractivity contribution in [3.8, 4) is 0 Å². The van der Waals surface area contributed by atoms with Gasteiger partial charge in [-0.3, -0.25) is 4.79 Å². The van der Waals surface area contributed by atoms with Crippen molar-refractivity contribution in [2.24, 2.45) is 0 Å². The van der Waals surface area contributed by atoms with Crippen molar-refractivity contribution in [2.75, 3.05) is 11.9 Å². The molecule has 3 aromatic rings. The quantitative estimate of drug-likeness (QED) is 0.678. The van der Waals surface area contributed by atoms with E-state index in [1.165, 1.54) is 0 Å². The van der Waals surface area contributed by atoms with Crippen LogP contribution in [-0.4, -0.2) is 28.1 Å². The van der Waals surface area contributed by atoms with E-state index >= 15 is 0 Å². The number of nitrogens with zero attached hydrogens (tertiary/aromatic N) is 4. The van der Waals surface area contributed by atoms with E-state index in [2.05, 4.69) is 15.1 Å². The zero-order chi connectivity index (χ0) is 16.8. The lowest BCUT2D eigenvalue weighted by molar-refractivity contribution is 0.0994. The van der Waals surface area contributed by atoms with Crippen LogP contribution >= 0.6 is 11.6 Å². The van der Waals surface area contributed by atoms with Crippen LogP contribution in [0.1, 0.15) is 40.5 Å². The highest BCUT2D eigenvalue weighted by Crippen LogP contribution is 2.40. The zero-order valence-corrected chi connectivity index (χ0v) is 14.0. The summed E-state index contributed by atoms with van der Waals surface area (Å²) >= 11 is 5.82. The van der Waals surface area contributed by atoms with Gasteiger partial charge in [-0.25, -0.2) is 9.97 Å². The van der Waals surface area contributed by atoms with Gasteiger partial charge in [0.15, 0.2) is 0 Å². The molecule has 0 radical (unpaired) electrons. The molecule has 0 unspecified atom stereocenters. The molecule has 0 spiro atoms. The van der Waals surface area contributed by atoms with Gasteiger partial charge >= 0.3 is 0 Å². The van der Waals surface area contributed by atoms with Crippen LogP contribution in [0.3, 0.4) is 0 Å². The van der Waals surface area contributed by atoms with Crippen LogP contribution in [-0.2, 0) is 0 Å². The van der Waals surface area contributed by atoms with Gasteiger partial charge in [-0.15, -0.1) is 0 Å². The van der Waals surface area contributed by atoms with Crippen LogP contribution in [0.2, 0.25) is 5.15 Å². The van der Waals surface area contributed by atoms with E-state index in [1.54, 1.807) is 30.3 Å². The predicted octanol–water partition coefficient (Wildman–Crippen LogP) is 3.73. The summed E-state index contributed by atoms with van der Waals surface area (Å²) in [6.45, 7) is 1.81. The summed E-state index contributed by atoms with van der Waals surface area (Å²) in [4.78, 5) is 23.1. The van der Waals surface area contributed by atoms with Crippen LogP contribution in [0.15, 0.2) is 28.9 Å². The van der Waals surface area contributed by atoms with E-state index in [-0.39, 0.29) is 5.91 Å². The molecule has 1 fully saturated rings. The second kappa shape index (κ2) is 5.56. The second-order valence-corrected chi connectivity index (χ2v) is 6.41. The highest BCUT2D eigenvalue weighted by Gasteiger charge is 2.29. The minimum absolute atomic E-state index is 0.153. The molecule has 0 atom stereocenters. The Balaban J connectivity index is 1.80. The highest BCUT2D eigenvalue weighted by atomic mass is 35.5. The van der Waals surface area contributed by atoms with Crippen molar-refractivity contribution in [2.45, 2.75) is 25.7 Å². The van der Waals surface area contributed by atoms with Crippen molar-refractivity contribution < 1.29 is 9.32 Å². The molecule has 0 N–H and O–H groups in total. The Bertz CT molecular complexity index is 932. The summed E-state index contributed by atoms with van der Waals surface area (Å²) < 4.78 is 5.30. The molecule has 6 nitrogen and oxygen atoms in total. The number of halogens is 1. The molecule has 122 valence electrons. The van der Waals surface area contributed by atoms with Gasteiger partial charge in [0.05, 0.1) is 28.5 Å². The molecule has 3 heterocycles. The Hall–Kier alpha value is -2.47. The number of rotatable bonds is 3. The molecular formula is C17H15ClN4O2. The Morgan fingerprint density at radius 1 is 1.38 bits per heavy atom. The third-order valence-corrected chi connectivity index (χ3v) is 4.49. The van der Waals surface area contributed by atoms with Crippen LogP contribution in [0, 0.1) is 6.92 Å². The molecule has 0 bridgehead atoms. The fourth-order valence-corrected chi connectivity index (χ4v) is 2.85. The van der Waals surface area contributed by atoms with Crippen LogP contribution in [0.5, 0.6) is 0 Å². The minimum atomic E-state index is -0.153. The molecule has 1 saturated carbocycles. The average Bonchev–Trinajstić information content (AvgIpc) is 3.37. The van der Waals surface area contributed by atoms with Crippen molar-refractivity contribution in [3.05, 3.63) is 46.5 Å². The Labute approximate surface area is 143 Å². The molecule has 24 heavy (non-hydrogen) atoms. The van der Waals surface area contributed by atoms with Gasteiger partial charge in [-0.1, -0.05) is 16.8 Å². The largest absolute Gasteiger partial charge is 0.336 e. The van der Waals surface area contributed by atoms with Gasteiger partial charge in [0.25, 0.3) is 11.6 Å². The minimum Gasteiger partial charge on any atom is -0.336 e. The number of pyridine rings is 2. The highest BCUT2D eigenvalue weighted by molar-refractivity contribution is 6.29. The monoisotopic (exact) mass is 342 g/mol. The first-order valence-electron chi connectivity index (χ1n) is 7.71. The molecule has 0 aromatic carbocycles. The number of hydrogen-bond donors (Lipinski definition) is 0. The first-order valence-corrected chi connectivity index (χ1v) is 8.09. The summed E-state index contributed by atoms with van der Waals surface area (Å²) in [5.74, 6) is 0.258. The molecule has 7 heteroatoms. The molecular weight excluding hydrogens is 328 g/mol. The number of fused-ring (bicyclic) bond motifs is 1. The van der Waals surface area contributed by atoms with Crippen LogP contribution in [0.4, 0.5) is 5.69 Å². The maximum Gasteiger partial charge on any atom is 0.259 e. The van der Waals surface area contributed by atoms with Crippen molar-refractivity contribution in [1.82, 2.24) is 15.1 Å². The lowest BCUT2D eigenvalue weighted by atomic mass is 10.1. The smallest absolute Gasteiger partial charge is 0.259 e. The lowest BCUT2D eigenvalue weighted by Gasteiger charge is -2.18. The second-order valence-electron chi connectivity index (χ2n) is 6.02. The van der Waals surface area contributed by atoms with Crippen LogP contribution in [0.25, 0.3) is 11.1 Å². The number of aromatic nitrogens is 3. The fourth-order valence-electron chi connectivity index (χ4n) is 2.73. The topological polar surface area (TPSA) is 72.1 Å². The molecule has 1 aliphatic rings. The van der Waals surface area contributed by atoms with E-state index in [9.17, 15) is 4.79 Å². The predicted molar refractivity (Wildman–Crippen MR) is 90.5 cm³/mol. The number of carbonyl (C=O) groups excluding carboxylic acids is 1. The maximum atomic E-state index is 13.1. The summed E-state index contributed by atoms with van der Waals surface area (Å²) in [6.07, 6.45) is 3.76. The molecule has 0 saturated heterocycles. The molecule has 3 aromatic heterocycles. The van der Waals surface area contributed by atoms with Gasteiger partial charge in [0.1, 0.15) is 5.15 Å². The molecule has 1 aliphatic carbocycles. The number of hydrogen-bond acceptors (Lipinski definition) is 5. The maximum absolute atomic E-state index is 13.1. The first-order chi connectivity index (χ1) is 11.5. The summed E-state index contributed by atoms with van der Waals surface area (Å²) in [7, 11) is 1.71. The Morgan fingerprint density at radius 2 is 2.17 bits per heavy atom. The van der Waals surface area contributed by atoms with Gasteiger partial charge < -0.3 is 9.42 Å². The molecule has 4 rings (SSSR count). The standard InChI is InChI=1S/C17H15ClN4O2/c1-9-15-12(7-13(10-3-4-10)20-16(15)24-21-9)17(23)22(2)11-5-6-14(18)19-8-11/h5-8,10H,3-4H2,1-2H3. The molecule has 1 amide bonds. The van der Waals surface area contributed by atoms with E-state index < -0.39 is 0 Å². The van der Waals surface area contributed by atoms with E-state index in [0.29, 0.717) is 39.1 Å². The number of amides is 1. The molecule has 0 aliphatic heterocycles. The SMILES string of the molecule is Cc1noc2nc(C3CC3)cc(C(=O)N(C)c3ccc(Cl)nc3)c12. The lowest BCUT2D eigenvalue weighted by Crippen LogP contribution is -2.26.